The molecule has 0 aliphatic heterocycles. The molecule has 1 atom stereocenters. The van der Waals surface area contributed by atoms with Crippen LogP contribution in [0.2, 0.25) is 0 Å². The number of nitrogens with zero attached hydrogens (tertiary/aromatic N) is 5. The Labute approximate surface area is 186 Å². The molecule has 0 saturated carbocycles. The van der Waals surface area contributed by atoms with Crippen molar-refractivity contribution in [3.8, 4) is 17.5 Å². The number of benzene rings is 1. The van der Waals surface area contributed by atoms with Crippen LogP contribution in [0.3, 0.4) is 0 Å². The fourth-order valence-electron chi connectivity index (χ4n) is 3.75. The average Bonchev–Trinajstić information content (AvgIpc) is 2.88. The van der Waals surface area contributed by atoms with Gasteiger partial charge in [-0.05, 0) is 54.0 Å². The molecule has 5 rings (SSSR count). The third-order valence-electron chi connectivity index (χ3n) is 5.40. The minimum atomic E-state index is -0.100. The van der Waals surface area contributed by atoms with Crippen LogP contribution in [-0.4, -0.2) is 19.9 Å². The first-order valence-corrected chi connectivity index (χ1v) is 10.4. The van der Waals surface area contributed by atoms with Gasteiger partial charge in [-0.1, -0.05) is 30.4 Å². The number of hydrogen-bond acceptors (Lipinski definition) is 6. The number of nitrogens with one attached hydrogen (secondary N) is 1. The average molecular weight is 416 g/mol. The molecular weight excluding hydrogens is 396 g/mol. The van der Waals surface area contributed by atoms with Gasteiger partial charge in [0.25, 0.3) is 0 Å². The predicted molar refractivity (Wildman–Crippen MR) is 125 cm³/mol. The van der Waals surface area contributed by atoms with Crippen molar-refractivity contribution in [2.24, 2.45) is 5.92 Å². The van der Waals surface area contributed by atoms with Crippen LogP contribution in [0.1, 0.15) is 17.7 Å². The largest absolute Gasteiger partial charge is 0.364 e. The van der Waals surface area contributed by atoms with Crippen molar-refractivity contribution in [3.05, 3.63) is 96.6 Å². The van der Waals surface area contributed by atoms with Crippen LogP contribution in [0.15, 0.2) is 85.3 Å². The molecule has 3 heterocycles. The molecule has 0 fully saturated rings. The van der Waals surface area contributed by atoms with E-state index >= 15 is 0 Å². The minimum absolute atomic E-state index is 0.100. The van der Waals surface area contributed by atoms with E-state index in [-0.39, 0.29) is 5.92 Å². The van der Waals surface area contributed by atoms with Gasteiger partial charge in [0.05, 0.1) is 29.7 Å². The maximum Gasteiger partial charge on any atom is 0.163 e. The molecule has 3 aromatic heterocycles. The Hall–Kier alpha value is -4.37. The normalized spacial score (nSPS) is 15.2. The molecule has 1 aliphatic carbocycles. The molecule has 32 heavy (non-hydrogen) atoms. The van der Waals surface area contributed by atoms with Crippen LogP contribution in [0.25, 0.3) is 27.9 Å². The third-order valence-corrected chi connectivity index (χ3v) is 5.40. The minimum Gasteiger partial charge on any atom is -0.364 e. The number of aromatic nitrogens is 4. The smallest absolute Gasteiger partial charge is 0.163 e. The summed E-state index contributed by atoms with van der Waals surface area (Å²) in [5, 5.41) is 13.7. The Balaban J connectivity index is 1.58. The number of hydrogen-bond donors (Lipinski definition) is 1. The van der Waals surface area contributed by atoms with Gasteiger partial charge in [-0.15, -0.1) is 0 Å². The summed E-state index contributed by atoms with van der Waals surface area (Å²) < 4.78 is 0. The Morgan fingerprint density at radius 1 is 1.03 bits per heavy atom. The van der Waals surface area contributed by atoms with Gasteiger partial charge in [0.1, 0.15) is 5.82 Å². The Bertz CT molecular complexity index is 1350. The molecule has 6 heteroatoms. The molecule has 1 unspecified atom stereocenters. The van der Waals surface area contributed by atoms with E-state index in [0.717, 1.165) is 39.1 Å². The monoisotopic (exact) mass is 416 g/mol. The summed E-state index contributed by atoms with van der Waals surface area (Å²) in [6, 6.07) is 18.2. The van der Waals surface area contributed by atoms with E-state index in [1.807, 2.05) is 48.6 Å². The van der Waals surface area contributed by atoms with Crippen molar-refractivity contribution in [1.82, 2.24) is 19.9 Å². The molecule has 154 valence electrons. The molecule has 1 N–H and O–H groups in total. The van der Waals surface area contributed by atoms with Crippen molar-refractivity contribution in [3.63, 3.8) is 0 Å². The highest BCUT2D eigenvalue weighted by Crippen LogP contribution is 2.32. The van der Waals surface area contributed by atoms with Crippen molar-refractivity contribution in [1.29, 1.82) is 5.26 Å². The van der Waals surface area contributed by atoms with Gasteiger partial charge in [0, 0.05) is 29.5 Å². The van der Waals surface area contributed by atoms with Gasteiger partial charge in [-0.25, -0.2) is 9.97 Å². The number of allylic oxidation sites excluding steroid dienone is 4. The maximum absolute atomic E-state index is 9.32. The number of rotatable bonds is 5. The Morgan fingerprint density at radius 3 is 2.81 bits per heavy atom. The van der Waals surface area contributed by atoms with Crippen molar-refractivity contribution >= 4 is 22.3 Å². The van der Waals surface area contributed by atoms with E-state index in [4.69, 9.17) is 9.97 Å². The zero-order valence-electron chi connectivity index (χ0n) is 17.3. The molecule has 1 aromatic carbocycles. The summed E-state index contributed by atoms with van der Waals surface area (Å²) in [4.78, 5) is 18.2. The topological polar surface area (TPSA) is 87.4 Å². The SMILES string of the molecule is N#CC1C=CC=C(c2ccc3nc(-c4cccnc4)nc(NCc4ccccn4)c3c2)C1. The van der Waals surface area contributed by atoms with Gasteiger partial charge in [0.15, 0.2) is 5.82 Å². The molecule has 0 bridgehead atoms. The lowest BCUT2D eigenvalue weighted by molar-refractivity contribution is 0.852. The van der Waals surface area contributed by atoms with E-state index in [1.165, 1.54) is 0 Å². The fraction of sp³-hybridized carbons (Fsp3) is 0.115. The third kappa shape index (κ3) is 4.09. The fourth-order valence-corrected chi connectivity index (χ4v) is 3.75. The molecule has 6 nitrogen and oxygen atoms in total. The van der Waals surface area contributed by atoms with Crippen LogP contribution < -0.4 is 5.32 Å². The highest BCUT2D eigenvalue weighted by atomic mass is 15.0. The second-order valence-electron chi connectivity index (χ2n) is 7.56. The predicted octanol–water partition coefficient (Wildman–Crippen LogP) is 5.18. The number of pyridine rings is 2. The number of anilines is 1. The summed E-state index contributed by atoms with van der Waals surface area (Å²) in [6.07, 6.45) is 11.9. The quantitative estimate of drug-likeness (QED) is 0.482. The zero-order chi connectivity index (χ0) is 21.8. The van der Waals surface area contributed by atoms with E-state index in [1.54, 1.807) is 18.6 Å². The molecular formula is C26H20N6. The van der Waals surface area contributed by atoms with E-state index in [0.29, 0.717) is 18.8 Å². The lowest BCUT2D eigenvalue weighted by Crippen LogP contribution is -2.06. The highest BCUT2D eigenvalue weighted by Gasteiger charge is 2.15. The van der Waals surface area contributed by atoms with Gasteiger partial charge in [0.2, 0.25) is 0 Å². The van der Waals surface area contributed by atoms with E-state index in [9.17, 15) is 5.26 Å². The van der Waals surface area contributed by atoms with Crippen molar-refractivity contribution < 1.29 is 0 Å². The molecule has 1 aliphatic rings. The Kier molecular flexibility index (Phi) is 5.38. The van der Waals surface area contributed by atoms with Gasteiger partial charge in [-0.2, -0.15) is 5.26 Å². The summed E-state index contributed by atoms with van der Waals surface area (Å²) >= 11 is 0. The standard InChI is InChI=1S/C26H20N6/c27-15-18-5-3-6-19(13-18)20-9-10-24-23(14-20)26(30-17-22-8-1-2-12-29-22)32-25(31-24)21-7-4-11-28-16-21/h1-12,14,16,18H,13,17H2,(H,30,31,32). The zero-order valence-corrected chi connectivity index (χ0v) is 17.3. The first kappa shape index (κ1) is 19.6. The number of nitriles is 1. The van der Waals surface area contributed by atoms with Crippen LogP contribution in [-0.2, 0) is 6.54 Å². The molecule has 0 amide bonds. The highest BCUT2D eigenvalue weighted by molar-refractivity contribution is 5.93. The second kappa shape index (κ2) is 8.78. The first-order valence-electron chi connectivity index (χ1n) is 10.4. The van der Waals surface area contributed by atoms with Gasteiger partial charge >= 0.3 is 0 Å². The molecule has 0 saturated heterocycles. The van der Waals surface area contributed by atoms with E-state index in [2.05, 4.69) is 39.6 Å². The van der Waals surface area contributed by atoms with Crippen LogP contribution in [0.5, 0.6) is 0 Å². The van der Waals surface area contributed by atoms with E-state index < -0.39 is 0 Å². The lowest BCUT2D eigenvalue weighted by Gasteiger charge is -2.15. The maximum atomic E-state index is 9.32. The molecule has 4 aromatic rings. The van der Waals surface area contributed by atoms with Crippen LogP contribution in [0.4, 0.5) is 5.82 Å². The summed E-state index contributed by atoms with van der Waals surface area (Å²) in [5.41, 5.74) is 4.83. The van der Waals surface area contributed by atoms with Gasteiger partial charge < -0.3 is 5.32 Å². The van der Waals surface area contributed by atoms with Crippen LogP contribution >= 0.6 is 0 Å². The molecule has 0 radical (unpaired) electrons. The molecule has 0 spiro atoms. The first-order chi connectivity index (χ1) is 15.8. The second-order valence-corrected chi connectivity index (χ2v) is 7.56. The summed E-state index contributed by atoms with van der Waals surface area (Å²) in [7, 11) is 0. The van der Waals surface area contributed by atoms with Crippen molar-refractivity contribution in [2.45, 2.75) is 13.0 Å². The van der Waals surface area contributed by atoms with Crippen molar-refractivity contribution in [2.75, 3.05) is 5.32 Å². The Morgan fingerprint density at radius 2 is 2.00 bits per heavy atom. The number of fused-ring (bicyclic) bond motifs is 1. The van der Waals surface area contributed by atoms with Crippen LogP contribution in [0, 0.1) is 17.2 Å². The van der Waals surface area contributed by atoms with Gasteiger partial charge in [-0.3, -0.25) is 9.97 Å². The summed E-state index contributed by atoms with van der Waals surface area (Å²) in [6.45, 7) is 0.547. The summed E-state index contributed by atoms with van der Waals surface area (Å²) in [5.74, 6) is 1.26. The lowest BCUT2D eigenvalue weighted by atomic mass is 9.90.